The summed E-state index contributed by atoms with van der Waals surface area (Å²) >= 11 is 0. The molecule has 2 amide bonds. The van der Waals surface area contributed by atoms with E-state index in [0.717, 1.165) is 0 Å². The molecule has 0 saturated carbocycles. The molecule has 10 heteroatoms. The molecule has 0 aliphatic heterocycles. The third-order valence-corrected chi connectivity index (χ3v) is 4.74. The van der Waals surface area contributed by atoms with Crippen LogP contribution >= 0.6 is 0 Å². The summed E-state index contributed by atoms with van der Waals surface area (Å²) in [4.78, 5) is 36.1. The number of amides is 2. The van der Waals surface area contributed by atoms with Crippen molar-refractivity contribution in [3.8, 4) is 17.6 Å². The van der Waals surface area contributed by atoms with E-state index >= 15 is 0 Å². The topological polar surface area (TPSA) is 138 Å². The zero-order chi connectivity index (χ0) is 26.1. The molecule has 36 heavy (non-hydrogen) atoms. The lowest BCUT2D eigenvalue weighted by Gasteiger charge is -2.14. The molecule has 0 aliphatic rings. The minimum absolute atomic E-state index is 0.0299. The number of para-hydroxylation sites is 1. The third kappa shape index (κ3) is 6.68. The fourth-order valence-electron chi connectivity index (χ4n) is 3.06. The van der Waals surface area contributed by atoms with Gasteiger partial charge in [0.1, 0.15) is 17.5 Å². The quantitative estimate of drug-likeness (QED) is 0.304. The predicted octanol–water partition coefficient (Wildman–Crippen LogP) is 4.10. The van der Waals surface area contributed by atoms with Gasteiger partial charge in [-0.15, -0.1) is 0 Å². The van der Waals surface area contributed by atoms with Crippen LogP contribution in [0.5, 0.6) is 11.5 Å². The summed E-state index contributed by atoms with van der Waals surface area (Å²) in [7, 11) is 1.39. The van der Waals surface area contributed by atoms with E-state index in [0.29, 0.717) is 5.69 Å². The number of carbonyl (C=O) groups is 3. The first-order valence-electron chi connectivity index (χ1n) is 10.4. The summed E-state index contributed by atoms with van der Waals surface area (Å²) in [6, 6.07) is 17.3. The second-order valence-corrected chi connectivity index (χ2v) is 7.23. The number of carboxylic acid groups (broad SMARTS) is 1. The zero-order valence-electron chi connectivity index (χ0n) is 18.9. The summed E-state index contributed by atoms with van der Waals surface area (Å²) in [5.41, 5.74) is 0.526. The average Bonchev–Trinajstić information content (AvgIpc) is 2.87. The number of nitrogens with one attached hydrogen (secondary N) is 2. The Bertz CT molecular complexity index is 1360. The average molecular weight is 489 g/mol. The minimum atomic E-state index is -1.16. The van der Waals surface area contributed by atoms with Crippen molar-refractivity contribution in [3.05, 3.63) is 89.2 Å². The summed E-state index contributed by atoms with van der Waals surface area (Å²) in [6.45, 7) is -0.436. The highest BCUT2D eigenvalue weighted by Crippen LogP contribution is 2.33. The molecule has 3 aromatic carbocycles. The second kappa shape index (κ2) is 11.8. The molecule has 182 valence electrons. The molecule has 0 aliphatic carbocycles. The van der Waals surface area contributed by atoms with Gasteiger partial charge in [-0.2, -0.15) is 5.26 Å². The fraction of sp³-hybridized carbons (Fsp3) is 0.0769. The third-order valence-electron chi connectivity index (χ3n) is 4.74. The van der Waals surface area contributed by atoms with Crippen LogP contribution in [0.4, 0.5) is 15.8 Å². The summed E-state index contributed by atoms with van der Waals surface area (Å²) < 4.78 is 24.0. The molecule has 9 nitrogen and oxygen atoms in total. The molecule has 3 rings (SSSR count). The molecule has 3 N–H and O–H groups in total. The molecule has 0 radical (unpaired) electrons. The highest BCUT2D eigenvalue weighted by atomic mass is 19.1. The van der Waals surface area contributed by atoms with Gasteiger partial charge in [0.05, 0.1) is 12.7 Å². The van der Waals surface area contributed by atoms with Gasteiger partial charge < -0.3 is 25.2 Å². The molecular weight excluding hydrogens is 469 g/mol. The second-order valence-electron chi connectivity index (χ2n) is 7.23. The number of aromatic carboxylic acids is 1. The van der Waals surface area contributed by atoms with Crippen LogP contribution in [0.2, 0.25) is 0 Å². The van der Waals surface area contributed by atoms with Crippen molar-refractivity contribution in [2.45, 2.75) is 0 Å². The SMILES string of the molecule is COc1cccc(/C=C(/C#N)C(=O)Nc2cccc(C(=O)O)c2)c1OCC(=O)Nc1ccc(F)cc1. The van der Waals surface area contributed by atoms with Crippen molar-refractivity contribution < 1.29 is 33.4 Å². The highest BCUT2D eigenvalue weighted by Gasteiger charge is 2.16. The molecule has 0 saturated heterocycles. The van der Waals surface area contributed by atoms with Gasteiger partial charge in [-0.05, 0) is 54.6 Å². The number of nitrogens with zero attached hydrogens (tertiary/aromatic N) is 1. The van der Waals surface area contributed by atoms with E-state index in [1.807, 2.05) is 0 Å². The van der Waals surface area contributed by atoms with Crippen molar-refractivity contribution in [3.63, 3.8) is 0 Å². The van der Waals surface area contributed by atoms with E-state index in [-0.39, 0.29) is 33.9 Å². The van der Waals surface area contributed by atoms with Gasteiger partial charge in [-0.3, -0.25) is 9.59 Å². The number of carbonyl (C=O) groups excluding carboxylic acids is 2. The Kier molecular flexibility index (Phi) is 8.35. The van der Waals surface area contributed by atoms with Gasteiger partial charge in [0.2, 0.25) is 0 Å². The standard InChI is InChI=1S/C26H20FN3O6/c1-35-22-7-3-4-16(24(22)36-15-23(31)29-20-10-8-19(27)9-11-20)12-18(14-28)25(32)30-21-6-2-5-17(13-21)26(33)34/h2-13H,15H2,1H3,(H,29,31)(H,30,32)(H,33,34)/b18-12-. The van der Waals surface area contributed by atoms with E-state index in [4.69, 9.17) is 14.6 Å². The predicted molar refractivity (Wildman–Crippen MR) is 129 cm³/mol. The molecule has 3 aromatic rings. The van der Waals surface area contributed by atoms with Gasteiger partial charge >= 0.3 is 5.97 Å². The Labute approximate surface area is 205 Å². The van der Waals surface area contributed by atoms with Crippen molar-refractivity contribution >= 4 is 35.2 Å². The lowest BCUT2D eigenvalue weighted by molar-refractivity contribution is -0.118. The molecular formula is C26H20FN3O6. The first-order valence-corrected chi connectivity index (χ1v) is 10.4. The van der Waals surface area contributed by atoms with Crippen LogP contribution < -0.4 is 20.1 Å². The highest BCUT2D eigenvalue weighted by molar-refractivity contribution is 6.10. The maximum atomic E-state index is 13.1. The number of anilines is 2. The molecule has 0 spiro atoms. The minimum Gasteiger partial charge on any atom is -0.493 e. The fourth-order valence-corrected chi connectivity index (χ4v) is 3.06. The van der Waals surface area contributed by atoms with E-state index < -0.39 is 30.2 Å². The number of hydrogen-bond donors (Lipinski definition) is 3. The Balaban J connectivity index is 1.79. The molecule has 0 atom stereocenters. The van der Waals surface area contributed by atoms with Gasteiger partial charge in [0.25, 0.3) is 11.8 Å². The maximum absolute atomic E-state index is 13.1. The Morgan fingerprint density at radius 1 is 1.03 bits per heavy atom. The van der Waals surface area contributed by atoms with Gasteiger partial charge in [0.15, 0.2) is 18.1 Å². The van der Waals surface area contributed by atoms with E-state index in [2.05, 4.69) is 10.6 Å². The van der Waals surface area contributed by atoms with Crippen LogP contribution in [-0.4, -0.2) is 36.6 Å². The maximum Gasteiger partial charge on any atom is 0.335 e. The smallest absolute Gasteiger partial charge is 0.335 e. The lowest BCUT2D eigenvalue weighted by atomic mass is 10.1. The first kappa shape index (κ1) is 25.5. The van der Waals surface area contributed by atoms with Crippen molar-refractivity contribution in [1.29, 1.82) is 5.26 Å². The zero-order valence-corrected chi connectivity index (χ0v) is 18.9. The van der Waals surface area contributed by atoms with Crippen LogP contribution in [0.3, 0.4) is 0 Å². The number of halogens is 1. The molecule has 0 bridgehead atoms. The van der Waals surface area contributed by atoms with Crippen LogP contribution in [0.1, 0.15) is 15.9 Å². The van der Waals surface area contributed by atoms with Crippen LogP contribution in [0, 0.1) is 17.1 Å². The normalized spacial score (nSPS) is 10.6. The number of ether oxygens (including phenoxy) is 2. The van der Waals surface area contributed by atoms with Crippen LogP contribution in [0.15, 0.2) is 72.3 Å². The van der Waals surface area contributed by atoms with Gasteiger partial charge in [-0.1, -0.05) is 18.2 Å². The number of benzene rings is 3. The van der Waals surface area contributed by atoms with Crippen molar-refractivity contribution in [2.75, 3.05) is 24.4 Å². The number of rotatable bonds is 9. The summed E-state index contributed by atoms with van der Waals surface area (Å²) in [6.07, 6.45) is 1.26. The molecule has 0 fully saturated rings. The van der Waals surface area contributed by atoms with Crippen LogP contribution in [-0.2, 0) is 9.59 Å². The van der Waals surface area contributed by atoms with Gasteiger partial charge in [0, 0.05) is 16.9 Å². The molecule has 0 aromatic heterocycles. The Morgan fingerprint density at radius 2 is 1.75 bits per heavy atom. The number of carboxylic acids is 1. The van der Waals surface area contributed by atoms with E-state index in [9.17, 15) is 24.0 Å². The summed E-state index contributed by atoms with van der Waals surface area (Å²) in [5, 5.41) is 23.7. The molecule has 0 heterocycles. The lowest BCUT2D eigenvalue weighted by Crippen LogP contribution is -2.20. The van der Waals surface area contributed by atoms with Crippen molar-refractivity contribution in [1.82, 2.24) is 0 Å². The monoisotopic (exact) mass is 489 g/mol. The molecule has 0 unspecified atom stereocenters. The number of hydrogen-bond acceptors (Lipinski definition) is 6. The Morgan fingerprint density at radius 3 is 2.42 bits per heavy atom. The van der Waals surface area contributed by atoms with Gasteiger partial charge in [-0.25, -0.2) is 9.18 Å². The van der Waals surface area contributed by atoms with E-state index in [1.54, 1.807) is 24.3 Å². The first-order chi connectivity index (χ1) is 17.3. The summed E-state index contributed by atoms with van der Waals surface area (Å²) in [5.74, 6) is -2.54. The Hall–Kier alpha value is -5.17. The van der Waals surface area contributed by atoms with Crippen LogP contribution in [0.25, 0.3) is 6.08 Å². The van der Waals surface area contributed by atoms with Crippen molar-refractivity contribution in [2.24, 2.45) is 0 Å². The van der Waals surface area contributed by atoms with E-state index in [1.165, 1.54) is 61.7 Å². The largest absolute Gasteiger partial charge is 0.493 e. The number of methoxy groups -OCH3 is 1. The number of nitriles is 1.